The third-order valence-electron chi connectivity index (χ3n) is 3.39. The van der Waals surface area contributed by atoms with E-state index in [0.29, 0.717) is 17.1 Å². The third-order valence-corrected chi connectivity index (χ3v) is 4.76. The predicted molar refractivity (Wildman–Crippen MR) is 94.7 cm³/mol. The molecule has 1 unspecified atom stereocenters. The van der Waals surface area contributed by atoms with Gasteiger partial charge >= 0.3 is 5.97 Å². The maximum absolute atomic E-state index is 12.2. The van der Waals surface area contributed by atoms with Crippen LogP contribution in [0, 0.1) is 5.92 Å². The first-order valence-corrected chi connectivity index (χ1v) is 9.35. The van der Waals surface area contributed by atoms with Crippen molar-refractivity contribution >= 4 is 28.6 Å². The van der Waals surface area contributed by atoms with Gasteiger partial charge in [-0.25, -0.2) is 4.79 Å². The highest BCUT2D eigenvalue weighted by molar-refractivity contribution is 7.85. The predicted octanol–water partition coefficient (Wildman–Crippen LogP) is 1.16. The van der Waals surface area contributed by atoms with Crippen LogP contribution < -0.4 is 10.6 Å². The van der Waals surface area contributed by atoms with Crippen LogP contribution in [0.4, 0.5) is 0 Å². The molecule has 0 aliphatic carbocycles. The molecule has 1 rings (SSSR count). The molecule has 8 heteroatoms. The Morgan fingerprint density at radius 1 is 1.20 bits per heavy atom. The molecule has 0 saturated carbocycles. The maximum Gasteiger partial charge on any atom is 0.326 e. The molecule has 1 aromatic carbocycles. The van der Waals surface area contributed by atoms with Gasteiger partial charge in [0.1, 0.15) is 6.04 Å². The Labute approximate surface area is 149 Å². The zero-order valence-corrected chi connectivity index (χ0v) is 15.4. The van der Waals surface area contributed by atoms with E-state index in [2.05, 4.69) is 10.6 Å². The van der Waals surface area contributed by atoms with E-state index < -0.39 is 34.6 Å². The molecule has 7 nitrogen and oxygen atoms in total. The number of amides is 2. The molecule has 0 aromatic heterocycles. The quantitative estimate of drug-likeness (QED) is 0.605. The number of carbonyl (C=O) groups is 3. The summed E-state index contributed by atoms with van der Waals surface area (Å²) in [4.78, 5) is 35.7. The number of carboxylic acid groups (broad SMARTS) is 1. The van der Waals surface area contributed by atoms with E-state index in [4.69, 9.17) is 5.11 Å². The van der Waals surface area contributed by atoms with E-state index in [1.807, 2.05) is 13.8 Å². The maximum atomic E-state index is 12.2. The van der Waals surface area contributed by atoms with Gasteiger partial charge in [0.05, 0.1) is 27.8 Å². The molecule has 0 radical (unpaired) electrons. The summed E-state index contributed by atoms with van der Waals surface area (Å²) in [5, 5.41) is 13.9. The van der Waals surface area contributed by atoms with Gasteiger partial charge in [0.2, 0.25) is 5.91 Å². The highest BCUT2D eigenvalue weighted by Crippen LogP contribution is 2.13. The van der Waals surface area contributed by atoms with Gasteiger partial charge in [-0.05, 0) is 24.5 Å². The van der Waals surface area contributed by atoms with Crippen molar-refractivity contribution in [1.82, 2.24) is 10.6 Å². The van der Waals surface area contributed by atoms with Crippen molar-refractivity contribution in [3.05, 3.63) is 29.8 Å². The molecule has 1 aromatic rings. The van der Waals surface area contributed by atoms with Crippen molar-refractivity contribution in [3.8, 4) is 0 Å². The fourth-order valence-electron chi connectivity index (χ4n) is 2.20. The van der Waals surface area contributed by atoms with Crippen LogP contribution in [0.5, 0.6) is 0 Å². The zero-order chi connectivity index (χ0) is 19.0. The Hall–Kier alpha value is -2.22. The minimum Gasteiger partial charge on any atom is -0.480 e. The van der Waals surface area contributed by atoms with E-state index in [-0.39, 0.29) is 18.0 Å². The first-order chi connectivity index (χ1) is 11.8. The minimum absolute atomic E-state index is 0.104. The normalized spacial score (nSPS) is 13.1. The van der Waals surface area contributed by atoms with E-state index in [9.17, 15) is 18.6 Å². The van der Waals surface area contributed by atoms with Crippen molar-refractivity contribution in [1.29, 1.82) is 0 Å². The first kappa shape index (κ1) is 20.8. The van der Waals surface area contributed by atoms with Crippen LogP contribution in [0.1, 0.15) is 37.6 Å². The monoisotopic (exact) mass is 368 g/mol. The fourth-order valence-corrected chi connectivity index (χ4v) is 3.15. The molecular weight excluding hydrogens is 344 g/mol. The number of aliphatic carboxylic acids is 1. The molecule has 25 heavy (non-hydrogen) atoms. The van der Waals surface area contributed by atoms with Gasteiger partial charge in [0.15, 0.2) is 0 Å². The molecule has 0 fully saturated rings. The van der Waals surface area contributed by atoms with Gasteiger partial charge in [-0.3, -0.25) is 13.8 Å². The number of carboxylic acids is 1. The van der Waals surface area contributed by atoms with Gasteiger partial charge in [0.25, 0.3) is 5.91 Å². The molecule has 0 bridgehead atoms. The zero-order valence-electron chi connectivity index (χ0n) is 14.6. The van der Waals surface area contributed by atoms with Crippen LogP contribution >= 0.6 is 0 Å². The summed E-state index contributed by atoms with van der Waals surface area (Å²) in [6, 6.07) is 5.49. The summed E-state index contributed by atoms with van der Waals surface area (Å²) >= 11 is 0. The largest absolute Gasteiger partial charge is 0.480 e. The number of nitrogens with one attached hydrogen (secondary N) is 2. The molecule has 3 N–H and O–H groups in total. The molecule has 0 spiro atoms. The molecule has 2 amide bonds. The summed E-state index contributed by atoms with van der Waals surface area (Å²) in [5.74, 6) is -1.75. The summed E-state index contributed by atoms with van der Waals surface area (Å²) in [7, 11) is -1.30. The van der Waals surface area contributed by atoms with Crippen molar-refractivity contribution in [2.24, 2.45) is 5.92 Å². The van der Waals surface area contributed by atoms with Gasteiger partial charge < -0.3 is 15.7 Å². The van der Waals surface area contributed by atoms with Gasteiger partial charge in [-0.15, -0.1) is 0 Å². The van der Waals surface area contributed by atoms with Crippen LogP contribution in [-0.2, 0) is 20.4 Å². The van der Waals surface area contributed by atoms with E-state index in [0.717, 1.165) is 0 Å². The minimum atomic E-state index is -1.30. The second kappa shape index (κ2) is 9.93. The molecule has 0 aliphatic heterocycles. The number of benzene rings is 1. The van der Waals surface area contributed by atoms with Crippen molar-refractivity contribution in [2.45, 2.75) is 38.1 Å². The van der Waals surface area contributed by atoms with Gasteiger partial charge in [0, 0.05) is 5.75 Å². The summed E-state index contributed by atoms with van der Waals surface area (Å²) in [5.41, 5.74) is 0.243. The van der Waals surface area contributed by atoms with Crippen LogP contribution in [-0.4, -0.2) is 45.4 Å². The summed E-state index contributed by atoms with van der Waals surface area (Å²) in [6.45, 7) is 5.11. The topological polar surface area (TPSA) is 113 Å². The Balaban J connectivity index is 2.69. The molecule has 138 valence electrons. The Kier molecular flexibility index (Phi) is 8.27. The molecule has 2 atom stereocenters. The fraction of sp³-hybridized carbons (Fsp3) is 0.471. The van der Waals surface area contributed by atoms with Crippen LogP contribution in [0.25, 0.3) is 0 Å². The van der Waals surface area contributed by atoms with Crippen LogP contribution in [0.3, 0.4) is 0 Å². The van der Waals surface area contributed by atoms with Gasteiger partial charge in [-0.1, -0.05) is 32.9 Å². The third kappa shape index (κ3) is 6.66. The lowest BCUT2D eigenvalue weighted by Gasteiger charge is -2.16. The lowest BCUT2D eigenvalue weighted by atomic mass is 10.0. The van der Waals surface area contributed by atoms with Gasteiger partial charge in [-0.2, -0.15) is 0 Å². The van der Waals surface area contributed by atoms with Crippen molar-refractivity contribution in [2.75, 3.05) is 12.3 Å². The van der Waals surface area contributed by atoms with Crippen LogP contribution in [0.2, 0.25) is 0 Å². The molecular formula is C17H24N2O5S. The summed E-state index contributed by atoms with van der Waals surface area (Å²) < 4.78 is 12.0. The number of carbonyl (C=O) groups excluding carboxylic acids is 2. The van der Waals surface area contributed by atoms with Crippen molar-refractivity contribution < 1.29 is 23.7 Å². The number of rotatable bonds is 9. The van der Waals surface area contributed by atoms with E-state index >= 15 is 0 Å². The first-order valence-electron chi connectivity index (χ1n) is 8.04. The Morgan fingerprint density at radius 3 is 2.40 bits per heavy atom. The Morgan fingerprint density at radius 2 is 1.84 bits per heavy atom. The van der Waals surface area contributed by atoms with Crippen LogP contribution in [0.15, 0.2) is 29.2 Å². The molecule has 0 heterocycles. The highest BCUT2D eigenvalue weighted by atomic mass is 32.2. The average Bonchev–Trinajstić information content (AvgIpc) is 2.57. The number of hydrogen-bond acceptors (Lipinski definition) is 4. The molecule has 0 saturated heterocycles. The second-order valence-electron chi connectivity index (χ2n) is 5.90. The highest BCUT2D eigenvalue weighted by Gasteiger charge is 2.21. The Bertz CT molecular complexity index is 660. The standard InChI is InChI=1S/C17H24N2O5S/c1-4-25(24)14-8-6-5-7-12(14)16(21)18-10-15(20)19-13(17(22)23)9-11(2)3/h5-8,11,13H,4,9-10H2,1-3H3,(H,18,21)(H,19,20)(H,22,23)/t13-,25?/m0/s1. The number of hydrogen-bond donors (Lipinski definition) is 3. The second-order valence-corrected chi connectivity index (χ2v) is 7.61. The summed E-state index contributed by atoms with van der Waals surface area (Å²) in [6.07, 6.45) is 0.299. The van der Waals surface area contributed by atoms with Crippen molar-refractivity contribution in [3.63, 3.8) is 0 Å². The van der Waals surface area contributed by atoms with E-state index in [1.54, 1.807) is 25.1 Å². The lowest BCUT2D eigenvalue weighted by molar-refractivity contribution is -0.142. The van der Waals surface area contributed by atoms with E-state index in [1.165, 1.54) is 6.07 Å². The smallest absolute Gasteiger partial charge is 0.326 e. The SMILES string of the molecule is CCS(=O)c1ccccc1C(=O)NCC(=O)N[C@@H](CC(C)C)C(=O)O. The average molecular weight is 368 g/mol. The molecule has 0 aliphatic rings. The lowest BCUT2D eigenvalue weighted by Crippen LogP contribution is -2.46.